The number of rotatable bonds is 9. The van der Waals surface area contributed by atoms with Gasteiger partial charge in [0.15, 0.2) is 0 Å². The Bertz CT molecular complexity index is 856. The topological polar surface area (TPSA) is 37.2 Å². The summed E-state index contributed by atoms with van der Waals surface area (Å²) in [4.78, 5) is 9.28. The van der Waals surface area contributed by atoms with Gasteiger partial charge in [-0.25, -0.2) is 4.68 Å². The van der Waals surface area contributed by atoms with Crippen LogP contribution in [0.2, 0.25) is 0 Å². The minimum Gasteiger partial charge on any atom is -0.309 e. The van der Waals surface area contributed by atoms with Gasteiger partial charge < -0.3 is 4.90 Å². The standard InChI is InChI=1S/C23H31N5/c1-19-15-20(2)23(28-14-7-11-25-28)21(16-19)17-27(13-8-12-26(3)4)18-22-9-5-6-10-24-22/h5-7,9-11,14-16H,8,12-13,17-18H2,1-4H3. The molecule has 3 aromatic rings. The summed E-state index contributed by atoms with van der Waals surface area (Å²) in [7, 11) is 4.26. The number of aryl methyl sites for hydroxylation is 2. The summed E-state index contributed by atoms with van der Waals surface area (Å²) in [5.41, 5.74) is 6.15. The van der Waals surface area contributed by atoms with Crippen molar-refractivity contribution in [3.05, 3.63) is 77.4 Å². The van der Waals surface area contributed by atoms with Crippen molar-refractivity contribution < 1.29 is 0 Å². The molecule has 2 aromatic heterocycles. The predicted molar refractivity (Wildman–Crippen MR) is 115 cm³/mol. The SMILES string of the molecule is Cc1cc(C)c(-n2cccn2)c(CN(CCCN(C)C)Cc2ccccn2)c1. The Labute approximate surface area is 168 Å². The highest BCUT2D eigenvalue weighted by Crippen LogP contribution is 2.23. The lowest BCUT2D eigenvalue weighted by Crippen LogP contribution is -2.28. The Morgan fingerprint density at radius 1 is 0.964 bits per heavy atom. The maximum atomic E-state index is 4.54. The van der Waals surface area contributed by atoms with Gasteiger partial charge in [-0.3, -0.25) is 9.88 Å². The molecule has 0 spiro atoms. The fourth-order valence-corrected chi connectivity index (χ4v) is 3.68. The van der Waals surface area contributed by atoms with Crippen LogP contribution >= 0.6 is 0 Å². The molecule has 0 unspecified atom stereocenters. The zero-order valence-corrected chi connectivity index (χ0v) is 17.5. The first-order valence-electron chi connectivity index (χ1n) is 9.90. The van der Waals surface area contributed by atoms with Gasteiger partial charge in [-0.2, -0.15) is 5.10 Å². The van der Waals surface area contributed by atoms with Crippen LogP contribution in [0.15, 0.2) is 55.0 Å². The van der Waals surface area contributed by atoms with E-state index in [1.165, 1.54) is 22.4 Å². The van der Waals surface area contributed by atoms with Crippen molar-refractivity contribution in [2.24, 2.45) is 0 Å². The second-order valence-corrected chi connectivity index (χ2v) is 7.73. The molecule has 5 heteroatoms. The Hall–Kier alpha value is -2.50. The largest absolute Gasteiger partial charge is 0.309 e. The molecule has 0 radical (unpaired) electrons. The summed E-state index contributed by atoms with van der Waals surface area (Å²) in [6.07, 6.45) is 6.86. The Kier molecular flexibility index (Phi) is 6.95. The highest BCUT2D eigenvalue weighted by molar-refractivity contribution is 5.49. The van der Waals surface area contributed by atoms with Crippen molar-refractivity contribution >= 4 is 0 Å². The molecule has 28 heavy (non-hydrogen) atoms. The van der Waals surface area contributed by atoms with Gasteiger partial charge >= 0.3 is 0 Å². The average Bonchev–Trinajstić information content (AvgIpc) is 3.16. The number of benzene rings is 1. The van der Waals surface area contributed by atoms with Crippen LogP contribution in [0, 0.1) is 13.8 Å². The van der Waals surface area contributed by atoms with Crippen LogP contribution in [0.3, 0.4) is 0 Å². The van der Waals surface area contributed by atoms with Crippen molar-refractivity contribution in [1.82, 2.24) is 24.6 Å². The maximum Gasteiger partial charge on any atom is 0.0719 e. The van der Waals surface area contributed by atoms with Crippen molar-refractivity contribution in [1.29, 1.82) is 0 Å². The summed E-state index contributed by atoms with van der Waals surface area (Å²) in [6.45, 7) is 8.17. The van der Waals surface area contributed by atoms with Gasteiger partial charge in [0.1, 0.15) is 0 Å². The molecular weight excluding hydrogens is 346 g/mol. The molecule has 0 amide bonds. The number of aromatic nitrogens is 3. The van der Waals surface area contributed by atoms with Crippen LogP contribution in [0.5, 0.6) is 0 Å². The molecular formula is C23H31N5. The van der Waals surface area contributed by atoms with Crippen molar-refractivity contribution in [2.45, 2.75) is 33.4 Å². The molecule has 0 N–H and O–H groups in total. The van der Waals surface area contributed by atoms with Crippen molar-refractivity contribution in [3.8, 4) is 5.69 Å². The third-order valence-corrected chi connectivity index (χ3v) is 4.84. The van der Waals surface area contributed by atoms with Gasteiger partial charge in [0.25, 0.3) is 0 Å². The molecule has 0 saturated carbocycles. The summed E-state index contributed by atoms with van der Waals surface area (Å²) < 4.78 is 1.99. The lowest BCUT2D eigenvalue weighted by Gasteiger charge is -2.25. The van der Waals surface area contributed by atoms with E-state index in [1.807, 2.05) is 35.4 Å². The molecule has 0 bridgehead atoms. The normalized spacial score (nSPS) is 11.5. The highest BCUT2D eigenvalue weighted by atomic mass is 15.3. The maximum absolute atomic E-state index is 4.54. The van der Waals surface area contributed by atoms with E-state index in [0.717, 1.165) is 38.3 Å². The number of hydrogen-bond donors (Lipinski definition) is 0. The molecule has 5 nitrogen and oxygen atoms in total. The van der Waals surface area contributed by atoms with Crippen LogP contribution in [-0.2, 0) is 13.1 Å². The Morgan fingerprint density at radius 3 is 2.50 bits per heavy atom. The Morgan fingerprint density at radius 2 is 1.82 bits per heavy atom. The quantitative estimate of drug-likeness (QED) is 0.568. The number of hydrogen-bond acceptors (Lipinski definition) is 4. The lowest BCUT2D eigenvalue weighted by molar-refractivity contribution is 0.237. The fourth-order valence-electron chi connectivity index (χ4n) is 3.68. The molecule has 0 aliphatic heterocycles. The summed E-state index contributed by atoms with van der Waals surface area (Å²) >= 11 is 0. The predicted octanol–water partition coefficient (Wildman–Crippen LogP) is 3.84. The molecule has 0 aliphatic carbocycles. The van der Waals surface area contributed by atoms with E-state index in [2.05, 4.69) is 72.1 Å². The third-order valence-electron chi connectivity index (χ3n) is 4.84. The van der Waals surface area contributed by atoms with Gasteiger partial charge in [0.05, 0.1) is 11.4 Å². The zero-order chi connectivity index (χ0) is 19.9. The van der Waals surface area contributed by atoms with E-state index in [-0.39, 0.29) is 0 Å². The molecule has 0 fully saturated rings. The number of nitrogens with zero attached hydrogens (tertiary/aromatic N) is 5. The minimum absolute atomic E-state index is 0.847. The van der Waals surface area contributed by atoms with E-state index in [4.69, 9.17) is 0 Å². The van der Waals surface area contributed by atoms with Gasteiger partial charge in [0.2, 0.25) is 0 Å². The fraction of sp³-hybridized carbons (Fsp3) is 0.391. The van der Waals surface area contributed by atoms with Crippen molar-refractivity contribution in [3.63, 3.8) is 0 Å². The lowest BCUT2D eigenvalue weighted by atomic mass is 10.0. The monoisotopic (exact) mass is 377 g/mol. The van der Waals surface area contributed by atoms with Gasteiger partial charge in [-0.15, -0.1) is 0 Å². The third kappa shape index (κ3) is 5.50. The smallest absolute Gasteiger partial charge is 0.0719 e. The molecule has 0 aliphatic rings. The molecule has 1 aromatic carbocycles. The first-order chi connectivity index (χ1) is 13.5. The molecule has 0 atom stereocenters. The van der Waals surface area contributed by atoms with Crippen LogP contribution in [0.25, 0.3) is 5.69 Å². The van der Waals surface area contributed by atoms with Crippen LogP contribution in [-0.4, -0.2) is 51.7 Å². The number of pyridine rings is 1. The molecule has 2 heterocycles. The average molecular weight is 378 g/mol. The summed E-state index contributed by atoms with van der Waals surface area (Å²) in [5.74, 6) is 0. The molecule has 148 valence electrons. The first-order valence-corrected chi connectivity index (χ1v) is 9.90. The van der Waals surface area contributed by atoms with Crippen LogP contribution in [0.4, 0.5) is 0 Å². The van der Waals surface area contributed by atoms with Gasteiger partial charge in [-0.05, 0) is 70.2 Å². The van der Waals surface area contributed by atoms with Crippen LogP contribution in [0.1, 0.15) is 28.8 Å². The molecule has 0 saturated heterocycles. The highest BCUT2D eigenvalue weighted by Gasteiger charge is 2.15. The van der Waals surface area contributed by atoms with E-state index in [9.17, 15) is 0 Å². The van der Waals surface area contributed by atoms with E-state index in [0.29, 0.717) is 0 Å². The van der Waals surface area contributed by atoms with Crippen molar-refractivity contribution in [2.75, 3.05) is 27.2 Å². The second-order valence-electron chi connectivity index (χ2n) is 7.73. The van der Waals surface area contributed by atoms with Gasteiger partial charge in [0, 0.05) is 38.2 Å². The second kappa shape index (κ2) is 9.62. The van der Waals surface area contributed by atoms with E-state index >= 15 is 0 Å². The zero-order valence-electron chi connectivity index (χ0n) is 17.5. The van der Waals surface area contributed by atoms with Gasteiger partial charge in [-0.1, -0.05) is 23.8 Å². The van der Waals surface area contributed by atoms with E-state index in [1.54, 1.807) is 0 Å². The molecule has 3 rings (SSSR count). The first kappa shape index (κ1) is 20.2. The summed E-state index contributed by atoms with van der Waals surface area (Å²) in [6, 6.07) is 12.6. The van der Waals surface area contributed by atoms with Crippen LogP contribution < -0.4 is 0 Å². The minimum atomic E-state index is 0.847. The Balaban J connectivity index is 1.87. The van der Waals surface area contributed by atoms with E-state index < -0.39 is 0 Å². The summed E-state index contributed by atoms with van der Waals surface area (Å²) in [5, 5.41) is 4.49.